The molecule has 0 spiro atoms. The van der Waals surface area contributed by atoms with E-state index in [1.807, 2.05) is 32.0 Å². The summed E-state index contributed by atoms with van der Waals surface area (Å²) in [6.45, 7) is 8.58. The Kier molecular flexibility index (Phi) is 7.51. The lowest BCUT2D eigenvalue weighted by Gasteiger charge is -2.28. The molecule has 9 heteroatoms. The van der Waals surface area contributed by atoms with Crippen LogP contribution in [0.25, 0.3) is 0 Å². The van der Waals surface area contributed by atoms with Crippen LogP contribution in [0.4, 0.5) is 0 Å². The zero-order valence-electron chi connectivity index (χ0n) is 17.5. The molecule has 1 aromatic heterocycles. The predicted molar refractivity (Wildman–Crippen MR) is 114 cm³/mol. The minimum atomic E-state index is -1.12. The fraction of sp³-hybridized carbons (Fsp3) is 0.429. The molecule has 2 unspecified atom stereocenters. The second-order valence-corrected chi connectivity index (χ2v) is 8.27. The van der Waals surface area contributed by atoms with E-state index in [1.165, 1.54) is 11.6 Å². The van der Waals surface area contributed by atoms with Gasteiger partial charge in [-0.05, 0) is 38.3 Å². The summed E-state index contributed by atoms with van der Waals surface area (Å²) in [5.74, 6) is -1.47. The van der Waals surface area contributed by atoms with E-state index in [-0.39, 0.29) is 23.2 Å². The number of hydrogen-bond acceptors (Lipinski definition) is 5. The summed E-state index contributed by atoms with van der Waals surface area (Å²) in [5, 5.41) is 16.9. The highest BCUT2D eigenvalue weighted by Gasteiger charge is 2.33. The van der Waals surface area contributed by atoms with E-state index in [4.69, 9.17) is 27.9 Å². The van der Waals surface area contributed by atoms with Gasteiger partial charge in [-0.25, -0.2) is 9.48 Å². The largest absolute Gasteiger partial charge is 0.449 e. The van der Waals surface area contributed by atoms with E-state index in [1.54, 1.807) is 19.9 Å². The van der Waals surface area contributed by atoms with Crippen molar-refractivity contribution in [2.45, 2.75) is 52.8 Å². The summed E-state index contributed by atoms with van der Waals surface area (Å²) < 4.78 is 6.74. The van der Waals surface area contributed by atoms with Gasteiger partial charge in [0.25, 0.3) is 5.91 Å². The molecule has 0 saturated heterocycles. The molecule has 0 aliphatic heterocycles. The number of nitrogens with zero attached hydrogens (tertiary/aromatic N) is 3. The highest BCUT2D eigenvalue weighted by Crippen LogP contribution is 2.24. The molecule has 160 valence electrons. The van der Waals surface area contributed by atoms with Gasteiger partial charge in [-0.3, -0.25) is 4.79 Å². The second-order valence-electron chi connectivity index (χ2n) is 7.51. The van der Waals surface area contributed by atoms with Gasteiger partial charge in [0.05, 0.1) is 18.3 Å². The topological polar surface area (TPSA) is 97.0 Å². The third-order valence-electron chi connectivity index (χ3n) is 4.97. The van der Waals surface area contributed by atoms with Crippen LogP contribution in [-0.4, -0.2) is 33.3 Å². The molecule has 2 atom stereocenters. The number of benzene rings is 1. The van der Waals surface area contributed by atoms with Gasteiger partial charge in [-0.1, -0.05) is 55.2 Å². The summed E-state index contributed by atoms with van der Waals surface area (Å²) in [7, 11) is 0. The summed E-state index contributed by atoms with van der Waals surface area (Å²) in [6.07, 6.45) is -1.12. The van der Waals surface area contributed by atoms with Crippen LogP contribution in [0.1, 0.15) is 49.3 Å². The molecule has 0 aliphatic carbocycles. The number of hydrogen-bond donors (Lipinski definition) is 1. The maximum absolute atomic E-state index is 12.7. The lowest BCUT2D eigenvalue weighted by Crippen LogP contribution is -2.52. The average molecular weight is 451 g/mol. The fourth-order valence-electron chi connectivity index (χ4n) is 2.61. The first-order chi connectivity index (χ1) is 14.0. The Hall–Kier alpha value is -2.56. The molecule has 1 N–H and O–H groups in total. The molecule has 30 heavy (non-hydrogen) atoms. The van der Waals surface area contributed by atoms with Crippen LogP contribution < -0.4 is 5.32 Å². The molecule has 1 aromatic carbocycles. The van der Waals surface area contributed by atoms with E-state index in [0.29, 0.717) is 10.7 Å². The zero-order valence-corrected chi connectivity index (χ0v) is 19.0. The van der Waals surface area contributed by atoms with Crippen molar-refractivity contribution in [1.82, 2.24) is 15.1 Å². The molecule has 0 aliphatic rings. The zero-order chi connectivity index (χ0) is 22.6. The Morgan fingerprint density at radius 2 is 1.93 bits per heavy atom. The van der Waals surface area contributed by atoms with Crippen molar-refractivity contribution in [3.05, 3.63) is 51.3 Å². The summed E-state index contributed by atoms with van der Waals surface area (Å²) >= 11 is 12.6. The van der Waals surface area contributed by atoms with E-state index in [0.717, 1.165) is 5.56 Å². The van der Waals surface area contributed by atoms with Gasteiger partial charge in [0.2, 0.25) is 0 Å². The Morgan fingerprint density at radius 3 is 2.50 bits per heavy atom. The Bertz CT molecular complexity index is 997. The van der Waals surface area contributed by atoms with Crippen molar-refractivity contribution in [2.75, 3.05) is 0 Å². The number of aromatic nitrogens is 2. The third-order valence-corrected chi connectivity index (χ3v) is 5.72. The molecular formula is C21H24Cl2N4O3. The Labute approximate surface area is 185 Å². The second kappa shape index (κ2) is 9.50. The van der Waals surface area contributed by atoms with Gasteiger partial charge in [-0.15, -0.1) is 0 Å². The number of carbonyl (C=O) groups excluding carboxylic acids is 2. The van der Waals surface area contributed by atoms with Crippen molar-refractivity contribution in [2.24, 2.45) is 5.92 Å². The summed E-state index contributed by atoms with van der Waals surface area (Å²) in [6, 6.07) is 9.32. The average Bonchev–Trinajstić information content (AvgIpc) is 2.96. The van der Waals surface area contributed by atoms with Gasteiger partial charge >= 0.3 is 5.97 Å². The third kappa shape index (κ3) is 5.13. The first-order valence-corrected chi connectivity index (χ1v) is 10.2. The molecule has 0 saturated carbocycles. The van der Waals surface area contributed by atoms with Gasteiger partial charge in [0, 0.05) is 5.02 Å². The summed E-state index contributed by atoms with van der Waals surface area (Å²) in [5.41, 5.74) is 0.162. The normalized spacial score (nSPS) is 14.0. The molecule has 0 bridgehead atoms. The Morgan fingerprint density at radius 1 is 1.30 bits per heavy atom. The van der Waals surface area contributed by atoms with Crippen molar-refractivity contribution < 1.29 is 14.3 Å². The van der Waals surface area contributed by atoms with E-state index in [2.05, 4.69) is 16.5 Å². The fourth-order valence-corrected chi connectivity index (χ4v) is 3.12. The van der Waals surface area contributed by atoms with Crippen molar-refractivity contribution in [3.63, 3.8) is 0 Å². The summed E-state index contributed by atoms with van der Waals surface area (Å²) in [4.78, 5) is 25.1. The van der Waals surface area contributed by atoms with Gasteiger partial charge in [-0.2, -0.15) is 10.4 Å². The number of aryl methyl sites for hydroxylation is 1. The number of esters is 1. The molecule has 0 radical (unpaired) electrons. The number of carbonyl (C=O) groups is 2. The lowest BCUT2D eigenvalue weighted by molar-refractivity contribution is -0.130. The lowest BCUT2D eigenvalue weighted by atomic mass is 9.90. The van der Waals surface area contributed by atoms with Crippen LogP contribution in [-0.2, 0) is 16.1 Å². The van der Waals surface area contributed by atoms with Crippen molar-refractivity contribution >= 4 is 35.1 Å². The van der Waals surface area contributed by atoms with Crippen LogP contribution in [0.3, 0.4) is 0 Å². The molecular weight excluding hydrogens is 427 g/mol. The number of nitrogens with one attached hydrogen (secondary N) is 1. The van der Waals surface area contributed by atoms with E-state index < -0.39 is 23.5 Å². The minimum absolute atomic E-state index is 0.0790. The number of nitriles is 1. The molecule has 1 amide bonds. The van der Waals surface area contributed by atoms with Gasteiger partial charge in [0.1, 0.15) is 16.3 Å². The van der Waals surface area contributed by atoms with Crippen LogP contribution in [0.2, 0.25) is 10.2 Å². The molecule has 0 fully saturated rings. The number of rotatable bonds is 7. The maximum Gasteiger partial charge on any atom is 0.343 e. The minimum Gasteiger partial charge on any atom is -0.449 e. The van der Waals surface area contributed by atoms with Gasteiger partial charge in [0.15, 0.2) is 6.10 Å². The number of amides is 1. The SMILES string of the molecule is Cc1nn(Cc2ccccc2Cl)c(Cl)c1C(=O)OC(C)C(=O)NC(C)(C#N)C(C)C. The smallest absolute Gasteiger partial charge is 0.343 e. The maximum atomic E-state index is 12.7. The van der Waals surface area contributed by atoms with Crippen LogP contribution in [0.15, 0.2) is 24.3 Å². The van der Waals surface area contributed by atoms with Crippen molar-refractivity contribution in [1.29, 1.82) is 5.26 Å². The van der Waals surface area contributed by atoms with E-state index in [9.17, 15) is 14.9 Å². The van der Waals surface area contributed by atoms with Crippen LogP contribution in [0, 0.1) is 24.2 Å². The van der Waals surface area contributed by atoms with Crippen LogP contribution >= 0.6 is 23.2 Å². The van der Waals surface area contributed by atoms with Crippen molar-refractivity contribution in [3.8, 4) is 6.07 Å². The molecule has 1 heterocycles. The number of ether oxygens (including phenoxy) is 1. The highest BCUT2D eigenvalue weighted by atomic mass is 35.5. The number of halogens is 2. The predicted octanol–water partition coefficient (Wildman–Crippen LogP) is 4.15. The Balaban J connectivity index is 2.16. The quantitative estimate of drug-likeness (QED) is 0.638. The van der Waals surface area contributed by atoms with E-state index >= 15 is 0 Å². The molecule has 2 aromatic rings. The molecule has 2 rings (SSSR count). The molecule has 7 nitrogen and oxygen atoms in total. The highest BCUT2D eigenvalue weighted by molar-refractivity contribution is 6.33. The first kappa shape index (κ1) is 23.7. The standard InChI is InChI=1S/C21H24Cl2N4O3/c1-12(2)21(5,11-24)25-19(28)14(4)30-20(29)17-13(3)26-27(18(17)23)10-15-8-6-7-9-16(15)22/h6-9,12,14H,10H2,1-5H3,(H,25,28). The van der Waals surface area contributed by atoms with Gasteiger partial charge < -0.3 is 10.1 Å². The first-order valence-electron chi connectivity index (χ1n) is 9.40. The van der Waals surface area contributed by atoms with Crippen LogP contribution in [0.5, 0.6) is 0 Å². The monoisotopic (exact) mass is 450 g/mol.